The highest BCUT2D eigenvalue weighted by atomic mass is 19.1. The van der Waals surface area contributed by atoms with Gasteiger partial charge < -0.3 is 15.0 Å². The molecule has 1 fully saturated rings. The molecule has 1 heterocycles. The Morgan fingerprint density at radius 2 is 1.73 bits per heavy atom. The highest BCUT2D eigenvalue weighted by Crippen LogP contribution is 2.28. The van der Waals surface area contributed by atoms with Gasteiger partial charge >= 0.3 is 0 Å². The molecule has 1 saturated heterocycles. The number of rotatable bonds is 5. The van der Waals surface area contributed by atoms with Crippen LogP contribution in [0, 0.1) is 11.6 Å². The van der Waals surface area contributed by atoms with Gasteiger partial charge in [0.1, 0.15) is 17.4 Å². The smallest absolute Gasteiger partial charge is 0.238 e. The molecule has 138 valence electrons. The summed E-state index contributed by atoms with van der Waals surface area (Å²) in [5, 5.41) is 2.54. The lowest BCUT2D eigenvalue weighted by Crippen LogP contribution is -2.48. The number of nitrogens with zero attached hydrogens (tertiary/aromatic N) is 2. The van der Waals surface area contributed by atoms with E-state index in [4.69, 9.17) is 4.74 Å². The molecule has 1 amide bonds. The Kier molecular flexibility index (Phi) is 5.68. The maximum atomic E-state index is 13.2. The van der Waals surface area contributed by atoms with E-state index in [1.54, 1.807) is 7.11 Å². The van der Waals surface area contributed by atoms with E-state index >= 15 is 0 Å². The van der Waals surface area contributed by atoms with Crippen LogP contribution in [0.15, 0.2) is 42.5 Å². The third-order valence-corrected chi connectivity index (χ3v) is 4.31. The normalized spacial score (nSPS) is 15.0. The minimum atomic E-state index is -0.717. The molecule has 7 heteroatoms. The Morgan fingerprint density at radius 1 is 1.08 bits per heavy atom. The van der Waals surface area contributed by atoms with Gasteiger partial charge in [-0.15, -0.1) is 0 Å². The van der Waals surface area contributed by atoms with Crippen molar-refractivity contribution < 1.29 is 18.3 Å². The van der Waals surface area contributed by atoms with Crippen LogP contribution in [-0.2, 0) is 4.79 Å². The zero-order valence-corrected chi connectivity index (χ0v) is 14.5. The number of carbonyl (C=O) groups is 1. The number of hydrogen-bond donors (Lipinski definition) is 1. The van der Waals surface area contributed by atoms with Gasteiger partial charge in [-0.25, -0.2) is 8.78 Å². The molecule has 1 aliphatic heterocycles. The summed E-state index contributed by atoms with van der Waals surface area (Å²) in [6, 6.07) is 10.8. The fourth-order valence-electron chi connectivity index (χ4n) is 3.07. The topological polar surface area (TPSA) is 44.8 Å². The predicted molar refractivity (Wildman–Crippen MR) is 96.6 cm³/mol. The number of para-hydroxylation sites is 2. The summed E-state index contributed by atoms with van der Waals surface area (Å²) in [4.78, 5) is 16.4. The molecule has 1 N–H and O–H groups in total. The SMILES string of the molecule is COc1ccccc1N1CCN(CC(=O)Nc2cc(F)cc(F)c2)CC1. The summed E-state index contributed by atoms with van der Waals surface area (Å²) < 4.78 is 31.8. The van der Waals surface area contributed by atoms with E-state index in [9.17, 15) is 13.6 Å². The summed E-state index contributed by atoms with van der Waals surface area (Å²) in [5.74, 6) is -0.899. The van der Waals surface area contributed by atoms with Crippen LogP contribution in [0.1, 0.15) is 0 Å². The first-order valence-corrected chi connectivity index (χ1v) is 8.41. The molecule has 1 aliphatic rings. The number of nitrogens with one attached hydrogen (secondary N) is 1. The van der Waals surface area contributed by atoms with Crippen molar-refractivity contribution in [3.8, 4) is 5.75 Å². The lowest BCUT2D eigenvalue weighted by molar-refractivity contribution is -0.117. The van der Waals surface area contributed by atoms with Crippen molar-refractivity contribution in [1.82, 2.24) is 4.90 Å². The molecular weight excluding hydrogens is 340 g/mol. The van der Waals surface area contributed by atoms with E-state index in [2.05, 4.69) is 10.2 Å². The number of hydrogen-bond acceptors (Lipinski definition) is 4. The minimum Gasteiger partial charge on any atom is -0.495 e. The number of ether oxygens (including phenoxy) is 1. The van der Waals surface area contributed by atoms with Crippen molar-refractivity contribution in [2.24, 2.45) is 0 Å². The molecule has 0 aromatic heterocycles. The van der Waals surface area contributed by atoms with E-state index in [0.717, 1.165) is 42.7 Å². The molecule has 0 unspecified atom stereocenters. The van der Waals surface area contributed by atoms with Crippen molar-refractivity contribution in [3.63, 3.8) is 0 Å². The second-order valence-electron chi connectivity index (χ2n) is 6.14. The lowest BCUT2D eigenvalue weighted by atomic mass is 10.2. The molecular formula is C19H21F2N3O2. The Labute approximate surface area is 151 Å². The summed E-state index contributed by atoms with van der Waals surface area (Å²) >= 11 is 0. The van der Waals surface area contributed by atoms with E-state index in [1.807, 2.05) is 29.2 Å². The van der Waals surface area contributed by atoms with Crippen LogP contribution >= 0.6 is 0 Å². The van der Waals surface area contributed by atoms with Crippen LogP contribution < -0.4 is 15.0 Å². The Hall–Kier alpha value is -2.67. The third-order valence-electron chi connectivity index (χ3n) is 4.31. The molecule has 0 spiro atoms. The fraction of sp³-hybridized carbons (Fsp3) is 0.316. The molecule has 0 aliphatic carbocycles. The van der Waals surface area contributed by atoms with Crippen molar-refractivity contribution in [2.45, 2.75) is 0 Å². The second-order valence-corrected chi connectivity index (χ2v) is 6.14. The average molecular weight is 361 g/mol. The first kappa shape index (κ1) is 18.1. The number of benzene rings is 2. The van der Waals surface area contributed by atoms with Crippen LogP contribution in [0.5, 0.6) is 5.75 Å². The van der Waals surface area contributed by atoms with Gasteiger partial charge in [0.05, 0.1) is 19.3 Å². The Bertz CT molecular complexity index is 757. The molecule has 0 atom stereocenters. The summed E-state index contributed by atoms with van der Waals surface area (Å²) in [5.41, 5.74) is 1.16. The molecule has 0 radical (unpaired) electrons. The number of carbonyl (C=O) groups excluding carboxylic acids is 1. The standard InChI is InChI=1S/C19H21F2N3O2/c1-26-18-5-3-2-4-17(18)24-8-6-23(7-9-24)13-19(25)22-16-11-14(20)10-15(21)12-16/h2-5,10-12H,6-9,13H2,1H3,(H,22,25). The van der Waals surface area contributed by atoms with Crippen molar-refractivity contribution in [1.29, 1.82) is 0 Å². The zero-order valence-electron chi connectivity index (χ0n) is 14.5. The molecule has 3 rings (SSSR count). The van der Waals surface area contributed by atoms with Gasteiger partial charge in [-0.2, -0.15) is 0 Å². The molecule has 2 aromatic carbocycles. The average Bonchev–Trinajstić information content (AvgIpc) is 2.61. The lowest BCUT2D eigenvalue weighted by Gasteiger charge is -2.36. The van der Waals surface area contributed by atoms with E-state index in [0.29, 0.717) is 13.1 Å². The highest BCUT2D eigenvalue weighted by Gasteiger charge is 2.21. The van der Waals surface area contributed by atoms with Crippen LogP contribution in [0.25, 0.3) is 0 Å². The Balaban J connectivity index is 1.53. The van der Waals surface area contributed by atoms with Gasteiger partial charge in [-0.05, 0) is 24.3 Å². The van der Waals surface area contributed by atoms with Crippen molar-refractivity contribution in [3.05, 3.63) is 54.1 Å². The van der Waals surface area contributed by atoms with Gasteiger partial charge in [-0.3, -0.25) is 9.69 Å². The van der Waals surface area contributed by atoms with Crippen LogP contribution in [-0.4, -0.2) is 50.6 Å². The minimum absolute atomic E-state index is 0.125. The number of amides is 1. The molecule has 0 bridgehead atoms. The number of halogens is 2. The van der Waals surface area contributed by atoms with Crippen molar-refractivity contribution in [2.75, 3.05) is 50.1 Å². The Morgan fingerprint density at radius 3 is 2.38 bits per heavy atom. The number of methoxy groups -OCH3 is 1. The zero-order chi connectivity index (χ0) is 18.5. The maximum Gasteiger partial charge on any atom is 0.238 e. The highest BCUT2D eigenvalue weighted by molar-refractivity contribution is 5.92. The van der Waals surface area contributed by atoms with Gasteiger partial charge in [0, 0.05) is 37.9 Å². The maximum absolute atomic E-state index is 13.2. The summed E-state index contributed by atoms with van der Waals surface area (Å²) in [6.45, 7) is 3.13. The monoisotopic (exact) mass is 361 g/mol. The largest absolute Gasteiger partial charge is 0.495 e. The van der Waals surface area contributed by atoms with Gasteiger partial charge in [0.25, 0.3) is 0 Å². The second kappa shape index (κ2) is 8.14. The predicted octanol–water partition coefficient (Wildman–Crippen LogP) is 2.73. The van der Waals surface area contributed by atoms with Crippen molar-refractivity contribution >= 4 is 17.3 Å². The number of piperazine rings is 1. The molecule has 5 nitrogen and oxygen atoms in total. The van der Waals surface area contributed by atoms with E-state index in [1.165, 1.54) is 0 Å². The van der Waals surface area contributed by atoms with Crippen LogP contribution in [0.3, 0.4) is 0 Å². The third kappa shape index (κ3) is 4.49. The first-order chi connectivity index (χ1) is 12.5. The summed E-state index contributed by atoms with van der Waals surface area (Å²) in [7, 11) is 1.65. The van der Waals surface area contributed by atoms with E-state index in [-0.39, 0.29) is 18.1 Å². The van der Waals surface area contributed by atoms with Gasteiger partial charge in [-0.1, -0.05) is 12.1 Å². The van der Waals surface area contributed by atoms with Crippen LogP contribution in [0.4, 0.5) is 20.2 Å². The molecule has 2 aromatic rings. The molecule has 26 heavy (non-hydrogen) atoms. The van der Waals surface area contributed by atoms with Gasteiger partial charge in [0.2, 0.25) is 5.91 Å². The first-order valence-electron chi connectivity index (χ1n) is 8.41. The number of anilines is 2. The quantitative estimate of drug-likeness (QED) is 0.890. The van der Waals surface area contributed by atoms with Crippen LogP contribution in [0.2, 0.25) is 0 Å². The van der Waals surface area contributed by atoms with E-state index < -0.39 is 11.6 Å². The summed E-state index contributed by atoms with van der Waals surface area (Å²) in [6.07, 6.45) is 0. The molecule has 0 saturated carbocycles. The van der Waals surface area contributed by atoms with Gasteiger partial charge in [0.15, 0.2) is 0 Å². The fourth-order valence-corrected chi connectivity index (χ4v) is 3.07.